The van der Waals surface area contributed by atoms with Crippen LogP contribution in [0.2, 0.25) is 0 Å². The first-order valence-corrected chi connectivity index (χ1v) is 7.35. The van der Waals surface area contributed by atoms with Crippen molar-refractivity contribution in [1.82, 2.24) is 4.90 Å². The van der Waals surface area contributed by atoms with Crippen LogP contribution in [0, 0.1) is 5.92 Å². The fraction of sp³-hybridized carbons (Fsp3) is 0.562. The number of nitrogens with zero attached hydrogens (tertiary/aromatic N) is 1. The zero-order valence-corrected chi connectivity index (χ0v) is 11.3. The van der Waals surface area contributed by atoms with Crippen molar-refractivity contribution >= 4 is 5.91 Å². The number of hydrogen-bond donors (Lipinski definition) is 1. The molecule has 2 N–H and O–H groups in total. The number of benzene rings is 1. The molecule has 1 aromatic rings. The van der Waals surface area contributed by atoms with Gasteiger partial charge in [0.05, 0.1) is 0 Å². The van der Waals surface area contributed by atoms with E-state index in [4.69, 9.17) is 5.73 Å². The highest BCUT2D eigenvalue weighted by atomic mass is 16.2. The van der Waals surface area contributed by atoms with Gasteiger partial charge >= 0.3 is 0 Å². The molecule has 2 atom stereocenters. The third kappa shape index (κ3) is 2.66. The predicted octanol–water partition coefficient (Wildman–Crippen LogP) is 2.09. The maximum Gasteiger partial charge on any atom is 0.226 e. The van der Waals surface area contributed by atoms with Crippen molar-refractivity contribution in [3.05, 3.63) is 35.4 Å². The molecule has 102 valence electrons. The molecule has 0 aromatic heterocycles. The number of nitrogens with two attached hydrogens (primary N) is 1. The van der Waals surface area contributed by atoms with Gasteiger partial charge < -0.3 is 10.6 Å². The van der Waals surface area contributed by atoms with Crippen molar-refractivity contribution in [3.8, 4) is 0 Å². The lowest BCUT2D eigenvalue weighted by molar-refractivity contribution is -0.137. The summed E-state index contributed by atoms with van der Waals surface area (Å²) in [7, 11) is 0. The van der Waals surface area contributed by atoms with Gasteiger partial charge in [-0.3, -0.25) is 4.79 Å². The van der Waals surface area contributed by atoms with Gasteiger partial charge in [0.2, 0.25) is 5.91 Å². The fourth-order valence-electron chi connectivity index (χ4n) is 3.39. The summed E-state index contributed by atoms with van der Waals surface area (Å²) < 4.78 is 0. The van der Waals surface area contributed by atoms with Crippen LogP contribution in [0.15, 0.2) is 24.3 Å². The van der Waals surface area contributed by atoms with Gasteiger partial charge in [-0.25, -0.2) is 0 Å². The van der Waals surface area contributed by atoms with Crippen LogP contribution in [0.5, 0.6) is 0 Å². The Morgan fingerprint density at radius 2 is 2.00 bits per heavy atom. The van der Waals surface area contributed by atoms with Gasteiger partial charge in [0.25, 0.3) is 0 Å². The smallest absolute Gasteiger partial charge is 0.226 e. The quantitative estimate of drug-likeness (QED) is 0.838. The van der Waals surface area contributed by atoms with E-state index in [0.717, 1.165) is 45.2 Å². The summed E-state index contributed by atoms with van der Waals surface area (Å²) in [5.74, 6) is 0.485. The highest BCUT2D eigenvalue weighted by Gasteiger charge is 2.30. The van der Waals surface area contributed by atoms with Crippen LogP contribution in [0.1, 0.15) is 36.8 Å². The molecule has 1 fully saturated rings. The van der Waals surface area contributed by atoms with Gasteiger partial charge in [-0.1, -0.05) is 30.7 Å². The molecule has 0 spiro atoms. The molecule has 19 heavy (non-hydrogen) atoms. The van der Waals surface area contributed by atoms with Gasteiger partial charge in [0.1, 0.15) is 0 Å². The van der Waals surface area contributed by atoms with Gasteiger partial charge in [-0.15, -0.1) is 0 Å². The average Bonchev–Trinajstić information content (AvgIpc) is 2.46. The topological polar surface area (TPSA) is 46.3 Å². The molecule has 2 unspecified atom stereocenters. The Labute approximate surface area is 114 Å². The summed E-state index contributed by atoms with van der Waals surface area (Å²) in [4.78, 5) is 14.6. The van der Waals surface area contributed by atoms with E-state index in [9.17, 15) is 4.79 Å². The van der Waals surface area contributed by atoms with Crippen molar-refractivity contribution in [1.29, 1.82) is 0 Å². The molecule has 3 heteroatoms. The highest BCUT2D eigenvalue weighted by molar-refractivity contribution is 5.79. The minimum atomic E-state index is 0.161. The minimum Gasteiger partial charge on any atom is -0.338 e. The summed E-state index contributed by atoms with van der Waals surface area (Å²) in [6, 6.07) is 8.68. The number of fused-ring (bicyclic) bond motifs is 1. The Hall–Kier alpha value is -1.35. The van der Waals surface area contributed by atoms with Gasteiger partial charge in [0.15, 0.2) is 0 Å². The molecular weight excluding hydrogens is 236 g/mol. The molecule has 0 radical (unpaired) electrons. The maximum absolute atomic E-state index is 12.6. The maximum atomic E-state index is 12.6. The van der Waals surface area contributed by atoms with E-state index in [1.165, 1.54) is 11.1 Å². The number of rotatable bonds is 1. The molecule has 1 aromatic carbocycles. The minimum absolute atomic E-state index is 0.161. The normalized spacial score (nSPS) is 26.9. The van der Waals surface area contributed by atoms with E-state index in [0.29, 0.717) is 5.91 Å². The van der Waals surface area contributed by atoms with E-state index in [1.54, 1.807) is 0 Å². The summed E-state index contributed by atoms with van der Waals surface area (Å²) >= 11 is 0. The van der Waals surface area contributed by atoms with Crippen LogP contribution in [0.3, 0.4) is 0 Å². The van der Waals surface area contributed by atoms with Crippen LogP contribution in [-0.4, -0.2) is 23.4 Å². The Bertz CT molecular complexity index is 472. The predicted molar refractivity (Wildman–Crippen MR) is 75.5 cm³/mol. The third-order valence-corrected chi connectivity index (χ3v) is 4.51. The summed E-state index contributed by atoms with van der Waals surface area (Å²) in [5, 5.41) is 0. The second-order valence-corrected chi connectivity index (χ2v) is 5.90. The van der Waals surface area contributed by atoms with Crippen molar-refractivity contribution in [3.63, 3.8) is 0 Å². The first-order chi connectivity index (χ1) is 9.24. The second-order valence-electron chi connectivity index (χ2n) is 5.90. The molecule has 1 saturated carbocycles. The van der Waals surface area contributed by atoms with E-state index in [1.807, 2.05) is 4.90 Å². The average molecular weight is 258 g/mol. The first-order valence-electron chi connectivity index (χ1n) is 7.35. The number of carbonyl (C=O) groups excluding carboxylic acids is 1. The highest BCUT2D eigenvalue weighted by Crippen LogP contribution is 2.27. The molecule has 2 aliphatic rings. The lowest BCUT2D eigenvalue weighted by Crippen LogP contribution is -2.42. The Morgan fingerprint density at radius 3 is 2.79 bits per heavy atom. The molecule has 0 bridgehead atoms. The molecule has 1 amide bonds. The van der Waals surface area contributed by atoms with Gasteiger partial charge in [-0.2, -0.15) is 0 Å². The Balaban J connectivity index is 1.69. The van der Waals surface area contributed by atoms with E-state index >= 15 is 0 Å². The first kappa shape index (κ1) is 12.7. The van der Waals surface area contributed by atoms with E-state index in [-0.39, 0.29) is 12.0 Å². The second kappa shape index (κ2) is 5.33. The summed E-state index contributed by atoms with van der Waals surface area (Å²) in [6.07, 6.45) is 5.05. The molecule has 0 saturated heterocycles. The molecule has 3 nitrogen and oxygen atoms in total. The number of hydrogen-bond acceptors (Lipinski definition) is 2. The van der Waals surface area contributed by atoms with Crippen LogP contribution >= 0.6 is 0 Å². The number of carbonyl (C=O) groups is 1. The molecule has 1 aliphatic heterocycles. The zero-order valence-electron chi connectivity index (χ0n) is 11.3. The van der Waals surface area contributed by atoms with Gasteiger partial charge in [-0.05, 0) is 36.8 Å². The van der Waals surface area contributed by atoms with E-state index < -0.39 is 0 Å². The summed E-state index contributed by atoms with van der Waals surface area (Å²) in [5.41, 5.74) is 8.70. The SMILES string of the molecule is NC1CCCC(C(=O)N2CCc3ccccc3C2)C1. The van der Waals surface area contributed by atoms with Crippen molar-refractivity contribution in [2.45, 2.75) is 44.7 Å². The fourth-order valence-corrected chi connectivity index (χ4v) is 3.39. The lowest BCUT2D eigenvalue weighted by Gasteiger charge is -2.34. The van der Waals surface area contributed by atoms with Crippen LogP contribution in [0.4, 0.5) is 0 Å². The van der Waals surface area contributed by atoms with Gasteiger partial charge in [0, 0.05) is 25.0 Å². The molecule has 1 aliphatic carbocycles. The largest absolute Gasteiger partial charge is 0.338 e. The van der Waals surface area contributed by atoms with Crippen LogP contribution < -0.4 is 5.73 Å². The van der Waals surface area contributed by atoms with Crippen molar-refractivity contribution in [2.24, 2.45) is 11.7 Å². The molecule has 3 rings (SSSR count). The standard InChI is InChI=1S/C16H22N2O/c17-15-7-3-6-13(10-15)16(19)18-9-8-12-4-1-2-5-14(12)11-18/h1-2,4-5,13,15H,3,6-11,17H2. The third-order valence-electron chi connectivity index (χ3n) is 4.51. The van der Waals surface area contributed by atoms with Crippen molar-refractivity contribution in [2.75, 3.05) is 6.54 Å². The Kier molecular flexibility index (Phi) is 3.56. The summed E-state index contributed by atoms with van der Waals surface area (Å²) in [6.45, 7) is 1.64. The van der Waals surface area contributed by atoms with Crippen LogP contribution in [0.25, 0.3) is 0 Å². The zero-order chi connectivity index (χ0) is 13.2. The monoisotopic (exact) mass is 258 g/mol. The molecule has 1 heterocycles. The Morgan fingerprint density at radius 1 is 1.21 bits per heavy atom. The lowest BCUT2D eigenvalue weighted by atomic mass is 9.84. The van der Waals surface area contributed by atoms with Crippen molar-refractivity contribution < 1.29 is 4.79 Å². The van der Waals surface area contributed by atoms with Crippen LogP contribution in [-0.2, 0) is 17.8 Å². The van der Waals surface area contributed by atoms with E-state index in [2.05, 4.69) is 24.3 Å². The molecular formula is C16H22N2O. The number of amides is 1.